The van der Waals surface area contributed by atoms with Gasteiger partial charge >= 0.3 is 0 Å². The van der Waals surface area contributed by atoms with Gasteiger partial charge in [-0.15, -0.1) is 0 Å². The second-order valence-corrected chi connectivity index (χ2v) is 3.77. The van der Waals surface area contributed by atoms with E-state index in [0.717, 1.165) is 12.1 Å². The van der Waals surface area contributed by atoms with E-state index >= 15 is 0 Å². The fraction of sp³-hybridized carbons (Fsp3) is 0.417. The summed E-state index contributed by atoms with van der Waals surface area (Å²) in [7, 11) is 1.55. The first-order valence-electron chi connectivity index (χ1n) is 5.69. The SMILES string of the molecule is COCCCNC(=O)CNc1ccc(F)c(F)c1F. The number of carbonyl (C=O) groups excluding carboxylic acids is 1. The Balaban J connectivity index is 2.40. The van der Waals surface area contributed by atoms with E-state index in [2.05, 4.69) is 10.6 Å². The summed E-state index contributed by atoms with van der Waals surface area (Å²) in [5, 5.41) is 4.96. The summed E-state index contributed by atoms with van der Waals surface area (Å²) in [6, 6.07) is 1.82. The zero-order valence-electron chi connectivity index (χ0n) is 10.4. The van der Waals surface area contributed by atoms with E-state index in [9.17, 15) is 18.0 Å². The highest BCUT2D eigenvalue weighted by Crippen LogP contribution is 2.19. The van der Waals surface area contributed by atoms with Crippen LogP contribution in [0.1, 0.15) is 6.42 Å². The summed E-state index contributed by atoms with van der Waals surface area (Å²) < 4.78 is 43.6. The van der Waals surface area contributed by atoms with E-state index < -0.39 is 17.5 Å². The number of rotatable bonds is 7. The molecule has 0 aliphatic carbocycles. The number of ether oxygens (including phenoxy) is 1. The number of nitrogens with one attached hydrogen (secondary N) is 2. The molecule has 0 fully saturated rings. The van der Waals surface area contributed by atoms with Gasteiger partial charge in [0.05, 0.1) is 12.2 Å². The van der Waals surface area contributed by atoms with E-state index in [0.29, 0.717) is 19.6 Å². The number of amides is 1. The largest absolute Gasteiger partial charge is 0.385 e. The van der Waals surface area contributed by atoms with Gasteiger partial charge in [0.2, 0.25) is 5.91 Å². The lowest BCUT2D eigenvalue weighted by Crippen LogP contribution is -2.31. The number of benzene rings is 1. The third kappa shape index (κ3) is 4.78. The Kier molecular flexibility index (Phi) is 6.14. The lowest BCUT2D eigenvalue weighted by molar-refractivity contribution is -0.119. The normalized spacial score (nSPS) is 10.3. The van der Waals surface area contributed by atoms with E-state index in [4.69, 9.17) is 4.74 Å². The Morgan fingerprint density at radius 2 is 2.00 bits per heavy atom. The molecule has 1 amide bonds. The van der Waals surface area contributed by atoms with Crippen molar-refractivity contribution in [3.05, 3.63) is 29.6 Å². The Bertz CT molecular complexity index is 441. The van der Waals surface area contributed by atoms with Crippen molar-refractivity contribution in [1.82, 2.24) is 5.32 Å². The van der Waals surface area contributed by atoms with Gasteiger partial charge < -0.3 is 15.4 Å². The minimum absolute atomic E-state index is 0.227. The third-order valence-corrected chi connectivity index (χ3v) is 2.32. The number of carbonyl (C=O) groups is 1. The van der Waals surface area contributed by atoms with Crippen LogP contribution in [0.3, 0.4) is 0 Å². The van der Waals surface area contributed by atoms with Crippen LogP contribution in [-0.4, -0.2) is 32.7 Å². The van der Waals surface area contributed by atoms with Crippen molar-refractivity contribution in [2.75, 3.05) is 32.1 Å². The van der Waals surface area contributed by atoms with Crippen LogP contribution in [-0.2, 0) is 9.53 Å². The highest BCUT2D eigenvalue weighted by Gasteiger charge is 2.13. The van der Waals surface area contributed by atoms with Gasteiger partial charge in [0, 0.05) is 20.3 Å². The Morgan fingerprint density at radius 3 is 2.68 bits per heavy atom. The van der Waals surface area contributed by atoms with Gasteiger partial charge in [-0.1, -0.05) is 0 Å². The molecule has 0 saturated carbocycles. The maximum atomic E-state index is 13.2. The van der Waals surface area contributed by atoms with E-state index in [1.807, 2.05) is 0 Å². The van der Waals surface area contributed by atoms with E-state index in [1.54, 1.807) is 7.11 Å². The topological polar surface area (TPSA) is 50.4 Å². The molecule has 4 nitrogen and oxygen atoms in total. The molecule has 0 aliphatic heterocycles. The standard InChI is InChI=1S/C12H15F3N2O2/c1-19-6-2-5-16-10(18)7-17-9-4-3-8(13)11(14)12(9)15/h3-4,17H,2,5-7H2,1H3,(H,16,18). The van der Waals surface area contributed by atoms with Crippen LogP contribution in [0.15, 0.2) is 12.1 Å². The maximum Gasteiger partial charge on any atom is 0.239 e. The highest BCUT2D eigenvalue weighted by molar-refractivity contribution is 5.80. The lowest BCUT2D eigenvalue weighted by atomic mass is 10.3. The molecule has 0 spiro atoms. The Labute approximate surface area is 108 Å². The Hall–Kier alpha value is -1.76. The molecule has 0 aliphatic rings. The lowest BCUT2D eigenvalue weighted by Gasteiger charge is -2.09. The van der Waals surface area contributed by atoms with Crippen molar-refractivity contribution in [3.63, 3.8) is 0 Å². The minimum Gasteiger partial charge on any atom is -0.385 e. The molecule has 1 aromatic rings. The summed E-state index contributed by atoms with van der Waals surface area (Å²) >= 11 is 0. The highest BCUT2D eigenvalue weighted by atomic mass is 19.2. The summed E-state index contributed by atoms with van der Waals surface area (Å²) in [5.41, 5.74) is -0.258. The molecule has 0 saturated heterocycles. The summed E-state index contributed by atoms with van der Waals surface area (Å²) in [4.78, 5) is 11.3. The molecular weight excluding hydrogens is 261 g/mol. The molecule has 0 aromatic heterocycles. The summed E-state index contributed by atoms with van der Waals surface area (Å²) in [5.74, 6) is -4.55. The van der Waals surface area contributed by atoms with Crippen LogP contribution in [0.25, 0.3) is 0 Å². The number of methoxy groups -OCH3 is 1. The second-order valence-electron chi connectivity index (χ2n) is 3.77. The molecule has 1 rings (SSSR count). The van der Waals surface area contributed by atoms with Gasteiger partial charge in [0.15, 0.2) is 17.5 Å². The number of halogens is 3. The molecule has 106 valence electrons. The van der Waals surface area contributed by atoms with Crippen LogP contribution < -0.4 is 10.6 Å². The quantitative estimate of drug-likeness (QED) is 0.588. The second kappa shape index (κ2) is 7.63. The van der Waals surface area contributed by atoms with Gasteiger partial charge in [-0.05, 0) is 18.6 Å². The van der Waals surface area contributed by atoms with Crippen molar-refractivity contribution in [1.29, 1.82) is 0 Å². The predicted molar refractivity (Wildman–Crippen MR) is 64.3 cm³/mol. The number of anilines is 1. The molecule has 2 N–H and O–H groups in total. The average Bonchev–Trinajstić information content (AvgIpc) is 2.40. The zero-order valence-corrected chi connectivity index (χ0v) is 10.4. The van der Waals surface area contributed by atoms with Gasteiger partial charge in [0.25, 0.3) is 0 Å². The van der Waals surface area contributed by atoms with Crippen molar-refractivity contribution in [3.8, 4) is 0 Å². The number of hydrogen-bond acceptors (Lipinski definition) is 3. The van der Waals surface area contributed by atoms with Gasteiger partial charge in [-0.25, -0.2) is 13.2 Å². The van der Waals surface area contributed by atoms with Gasteiger partial charge in [-0.2, -0.15) is 0 Å². The first-order chi connectivity index (χ1) is 9.06. The van der Waals surface area contributed by atoms with E-state index in [1.165, 1.54) is 0 Å². The third-order valence-electron chi connectivity index (χ3n) is 2.32. The first-order valence-corrected chi connectivity index (χ1v) is 5.69. The first kappa shape index (κ1) is 15.3. The van der Waals surface area contributed by atoms with Crippen molar-refractivity contribution >= 4 is 11.6 Å². The molecule has 0 unspecified atom stereocenters. The molecular formula is C12H15F3N2O2. The Morgan fingerprint density at radius 1 is 1.26 bits per heavy atom. The van der Waals surface area contributed by atoms with Crippen LogP contribution in [0.4, 0.5) is 18.9 Å². The van der Waals surface area contributed by atoms with Gasteiger partial charge in [0.1, 0.15) is 0 Å². The molecule has 0 bridgehead atoms. The van der Waals surface area contributed by atoms with Crippen molar-refractivity contribution < 1.29 is 22.7 Å². The van der Waals surface area contributed by atoms with E-state index in [-0.39, 0.29) is 18.1 Å². The molecule has 7 heteroatoms. The predicted octanol–water partition coefficient (Wildman–Crippen LogP) is 1.67. The molecule has 0 radical (unpaired) electrons. The number of hydrogen-bond donors (Lipinski definition) is 2. The monoisotopic (exact) mass is 276 g/mol. The van der Waals surface area contributed by atoms with Crippen LogP contribution >= 0.6 is 0 Å². The fourth-order valence-corrected chi connectivity index (χ4v) is 1.34. The smallest absolute Gasteiger partial charge is 0.239 e. The van der Waals surface area contributed by atoms with Crippen LogP contribution in [0, 0.1) is 17.5 Å². The fourth-order valence-electron chi connectivity index (χ4n) is 1.34. The van der Waals surface area contributed by atoms with Crippen molar-refractivity contribution in [2.45, 2.75) is 6.42 Å². The molecule has 0 atom stereocenters. The molecule has 19 heavy (non-hydrogen) atoms. The molecule has 0 heterocycles. The van der Waals surface area contributed by atoms with Crippen molar-refractivity contribution in [2.24, 2.45) is 0 Å². The molecule has 1 aromatic carbocycles. The van der Waals surface area contributed by atoms with Crippen LogP contribution in [0.2, 0.25) is 0 Å². The average molecular weight is 276 g/mol. The maximum absolute atomic E-state index is 13.2. The summed E-state index contributed by atoms with van der Waals surface area (Å²) in [6.45, 7) is 0.717. The summed E-state index contributed by atoms with van der Waals surface area (Å²) in [6.07, 6.45) is 0.655. The van der Waals surface area contributed by atoms with Crippen LogP contribution in [0.5, 0.6) is 0 Å². The minimum atomic E-state index is -1.56. The zero-order chi connectivity index (χ0) is 14.3. The van der Waals surface area contributed by atoms with Gasteiger partial charge in [-0.3, -0.25) is 4.79 Å².